The third-order valence-corrected chi connectivity index (χ3v) is 2.57. The number of aromatic nitrogens is 4. The zero-order valence-electron chi connectivity index (χ0n) is 8.84. The lowest BCUT2D eigenvalue weighted by atomic mass is 10.3. The fraction of sp³-hybridized carbons (Fsp3) is 0.111. The molecule has 1 aromatic heterocycles. The van der Waals surface area contributed by atoms with E-state index in [1.807, 2.05) is 0 Å². The number of halogens is 2. The molecule has 0 fully saturated rings. The first-order chi connectivity index (χ1) is 8.56. The first kappa shape index (κ1) is 12.6. The van der Waals surface area contributed by atoms with Crippen LogP contribution in [0.2, 0.25) is 10.0 Å². The number of carbonyl (C=O) groups is 1. The third-order valence-electron chi connectivity index (χ3n) is 2.00. The van der Waals surface area contributed by atoms with Crippen LogP contribution in [0.5, 0.6) is 5.75 Å². The molecule has 1 aromatic carbocycles. The van der Waals surface area contributed by atoms with Crippen molar-refractivity contribution in [1.29, 1.82) is 0 Å². The molecular weight excluding hydrogens is 281 g/mol. The molecule has 0 saturated carbocycles. The number of amides is 1. The average Bonchev–Trinajstić information content (AvgIpc) is 2.78. The number of benzene rings is 1. The summed E-state index contributed by atoms with van der Waals surface area (Å²) in [5.41, 5.74) is 0.376. The Morgan fingerprint density at radius 2 is 2.06 bits per heavy atom. The minimum absolute atomic E-state index is 0.0386. The van der Waals surface area contributed by atoms with E-state index in [2.05, 4.69) is 20.8 Å². The quantitative estimate of drug-likeness (QED) is 0.831. The van der Waals surface area contributed by atoms with Gasteiger partial charge in [-0.25, -0.2) is 4.68 Å². The number of carbonyl (C=O) groups excluding carboxylic acids is 1. The molecule has 94 valence electrons. The largest absolute Gasteiger partial charge is 0.505 e. The Bertz CT molecular complexity index is 549. The Labute approximate surface area is 111 Å². The van der Waals surface area contributed by atoms with E-state index in [0.717, 1.165) is 0 Å². The van der Waals surface area contributed by atoms with Crippen molar-refractivity contribution in [3.63, 3.8) is 0 Å². The number of hydrogen-bond acceptors (Lipinski definition) is 5. The number of hydrogen-bond donors (Lipinski definition) is 2. The molecule has 0 bridgehead atoms. The van der Waals surface area contributed by atoms with Crippen LogP contribution < -0.4 is 5.32 Å². The molecule has 0 radical (unpaired) electrons. The van der Waals surface area contributed by atoms with Crippen molar-refractivity contribution in [2.45, 2.75) is 6.54 Å². The molecule has 18 heavy (non-hydrogen) atoms. The standard InChI is InChI=1S/C9H7Cl2N5O2/c10-6-1-5(2-7(11)9(6)18)13-8(17)3-16-4-12-14-15-16/h1-2,4,18H,3H2,(H,13,17). The monoisotopic (exact) mass is 287 g/mol. The van der Waals surface area contributed by atoms with Crippen LogP contribution in [0.3, 0.4) is 0 Å². The molecule has 1 amide bonds. The third kappa shape index (κ3) is 2.88. The summed E-state index contributed by atoms with van der Waals surface area (Å²) in [5, 5.41) is 22.4. The molecule has 2 aromatic rings. The van der Waals surface area contributed by atoms with Gasteiger partial charge in [0.1, 0.15) is 12.9 Å². The summed E-state index contributed by atoms with van der Waals surface area (Å²) in [6.45, 7) is -0.0386. The summed E-state index contributed by atoms with van der Waals surface area (Å²) in [7, 11) is 0. The summed E-state index contributed by atoms with van der Waals surface area (Å²) in [6, 6.07) is 2.78. The second kappa shape index (κ2) is 5.19. The minimum Gasteiger partial charge on any atom is -0.505 e. The highest BCUT2D eigenvalue weighted by Crippen LogP contribution is 2.34. The summed E-state index contributed by atoms with van der Waals surface area (Å²) < 4.78 is 1.26. The Morgan fingerprint density at radius 1 is 1.39 bits per heavy atom. The van der Waals surface area contributed by atoms with Crippen molar-refractivity contribution >= 4 is 34.8 Å². The summed E-state index contributed by atoms with van der Waals surface area (Å²) in [4.78, 5) is 11.6. The molecule has 0 aliphatic carbocycles. The Balaban J connectivity index is 2.07. The van der Waals surface area contributed by atoms with E-state index in [0.29, 0.717) is 5.69 Å². The molecule has 0 saturated heterocycles. The molecule has 2 rings (SSSR count). The Kier molecular flexibility index (Phi) is 3.63. The van der Waals surface area contributed by atoms with Gasteiger partial charge >= 0.3 is 0 Å². The predicted octanol–water partition coefficient (Wildman–Crippen LogP) is 1.32. The van der Waals surface area contributed by atoms with Gasteiger partial charge in [-0.1, -0.05) is 23.2 Å². The Hall–Kier alpha value is -1.86. The number of aromatic hydroxyl groups is 1. The van der Waals surface area contributed by atoms with Crippen molar-refractivity contribution in [1.82, 2.24) is 20.2 Å². The van der Waals surface area contributed by atoms with Gasteiger partial charge in [0, 0.05) is 5.69 Å². The van der Waals surface area contributed by atoms with Crippen LogP contribution in [0.15, 0.2) is 18.5 Å². The molecule has 1 heterocycles. The van der Waals surface area contributed by atoms with Crippen molar-refractivity contribution in [3.05, 3.63) is 28.5 Å². The highest BCUT2D eigenvalue weighted by Gasteiger charge is 2.09. The molecule has 0 aliphatic heterocycles. The minimum atomic E-state index is -0.347. The van der Waals surface area contributed by atoms with Crippen LogP contribution in [0.4, 0.5) is 5.69 Å². The Morgan fingerprint density at radius 3 is 2.61 bits per heavy atom. The average molecular weight is 288 g/mol. The van der Waals surface area contributed by atoms with E-state index in [1.165, 1.54) is 23.1 Å². The van der Waals surface area contributed by atoms with Gasteiger partial charge in [0.25, 0.3) is 0 Å². The van der Waals surface area contributed by atoms with E-state index in [4.69, 9.17) is 23.2 Å². The molecule has 9 heteroatoms. The molecule has 7 nitrogen and oxygen atoms in total. The van der Waals surface area contributed by atoms with Gasteiger partial charge in [0.05, 0.1) is 10.0 Å². The van der Waals surface area contributed by atoms with Gasteiger partial charge in [0.2, 0.25) is 5.91 Å². The van der Waals surface area contributed by atoms with Crippen LogP contribution in [-0.2, 0) is 11.3 Å². The fourth-order valence-electron chi connectivity index (χ4n) is 1.24. The zero-order chi connectivity index (χ0) is 13.1. The highest BCUT2D eigenvalue weighted by molar-refractivity contribution is 6.37. The number of nitrogens with zero attached hydrogens (tertiary/aromatic N) is 4. The molecule has 0 aliphatic rings. The van der Waals surface area contributed by atoms with Crippen LogP contribution in [-0.4, -0.2) is 31.2 Å². The predicted molar refractivity (Wildman–Crippen MR) is 64.6 cm³/mol. The van der Waals surface area contributed by atoms with E-state index >= 15 is 0 Å². The van der Waals surface area contributed by atoms with Gasteiger partial charge in [-0.15, -0.1) is 5.10 Å². The number of anilines is 1. The number of nitrogens with one attached hydrogen (secondary N) is 1. The number of rotatable bonds is 3. The van der Waals surface area contributed by atoms with Gasteiger partial charge in [-0.2, -0.15) is 0 Å². The highest BCUT2D eigenvalue weighted by atomic mass is 35.5. The molecule has 0 atom stereocenters. The molecular formula is C9H7Cl2N5O2. The number of phenolic OH excluding ortho intramolecular Hbond substituents is 1. The van der Waals surface area contributed by atoms with Gasteiger partial charge in [-0.05, 0) is 22.6 Å². The maximum Gasteiger partial charge on any atom is 0.246 e. The second-order valence-electron chi connectivity index (χ2n) is 3.34. The lowest BCUT2D eigenvalue weighted by Crippen LogP contribution is -2.19. The first-order valence-electron chi connectivity index (χ1n) is 4.75. The lowest BCUT2D eigenvalue weighted by Gasteiger charge is -2.07. The topological polar surface area (TPSA) is 92.9 Å². The smallest absolute Gasteiger partial charge is 0.246 e. The maximum atomic E-state index is 11.6. The van der Waals surface area contributed by atoms with Gasteiger partial charge in [0.15, 0.2) is 5.75 Å². The van der Waals surface area contributed by atoms with E-state index < -0.39 is 0 Å². The summed E-state index contributed by atoms with van der Waals surface area (Å²) in [6.07, 6.45) is 1.32. The summed E-state index contributed by atoms with van der Waals surface area (Å²) in [5.74, 6) is -0.572. The van der Waals surface area contributed by atoms with E-state index in [9.17, 15) is 9.90 Å². The zero-order valence-corrected chi connectivity index (χ0v) is 10.4. The maximum absolute atomic E-state index is 11.6. The number of phenols is 1. The summed E-state index contributed by atoms with van der Waals surface area (Å²) >= 11 is 11.4. The second-order valence-corrected chi connectivity index (χ2v) is 4.16. The molecule has 2 N–H and O–H groups in total. The van der Waals surface area contributed by atoms with E-state index in [1.54, 1.807) is 0 Å². The van der Waals surface area contributed by atoms with Gasteiger partial charge < -0.3 is 10.4 Å². The van der Waals surface area contributed by atoms with Crippen LogP contribution >= 0.6 is 23.2 Å². The van der Waals surface area contributed by atoms with Gasteiger partial charge in [-0.3, -0.25) is 4.79 Å². The first-order valence-corrected chi connectivity index (χ1v) is 5.50. The van der Waals surface area contributed by atoms with Crippen molar-refractivity contribution < 1.29 is 9.90 Å². The molecule has 0 unspecified atom stereocenters. The van der Waals surface area contributed by atoms with Crippen LogP contribution in [0.25, 0.3) is 0 Å². The lowest BCUT2D eigenvalue weighted by molar-refractivity contribution is -0.116. The van der Waals surface area contributed by atoms with Crippen LogP contribution in [0.1, 0.15) is 0 Å². The molecule has 0 spiro atoms. The normalized spacial score (nSPS) is 10.3. The van der Waals surface area contributed by atoms with Crippen molar-refractivity contribution in [3.8, 4) is 5.75 Å². The van der Waals surface area contributed by atoms with Crippen LogP contribution in [0, 0.1) is 0 Å². The number of tetrazole rings is 1. The SMILES string of the molecule is O=C(Cn1cnnn1)Nc1cc(Cl)c(O)c(Cl)c1. The van der Waals surface area contributed by atoms with E-state index in [-0.39, 0.29) is 28.2 Å². The van der Waals surface area contributed by atoms with Crippen molar-refractivity contribution in [2.75, 3.05) is 5.32 Å². The fourth-order valence-corrected chi connectivity index (χ4v) is 1.73. The van der Waals surface area contributed by atoms with Crippen molar-refractivity contribution in [2.24, 2.45) is 0 Å².